The Morgan fingerprint density at radius 1 is 0.412 bits per heavy atom. The fraction of sp³-hybridized carbons (Fsp3) is 0. The van der Waals surface area contributed by atoms with Gasteiger partial charge in [0.1, 0.15) is 11.2 Å². The summed E-state index contributed by atoms with van der Waals surface area (Å²) in [6.45, 7) is 0. The molecule has 51 heavy (non-hydrogen) atoms. The molecule has 11 rings (SSSR count). The van der Waals surface area contributed by atoms with E-state index in [0.29, 0.717) is 17.5 Å². The zero-order chi connectivity index (χ0) is 33.5. The Kier molecular flexibility index (Phi) is 6.05. The molecule has 0 amide bonds. The lowest BCUT2D eigenvalue weighted by atomic mass is 10.1. The van der Waals surface area contributed by atoms with Crippen molar-refractivity contribution in [3.8, 4) is 39.9 Å². The van der Waals surface area contributed by atoms with Crippen LogP contribution in [0.4, 0.5) is 0 Å². The average molecular weight is 671 g/mol. The lowest BCUT2D eigenvalue weighted by molar-refractivity contribution is 0.669. The van der Waals surface area contributed by atoms with Crippen molar-refractivity contribution < 1.29 is 4.42 Å². The van der Waals surface area contributed by atoms with Gasteiger partial charge in [-0.05, 0) is 54.6 Å². The van der Waals surface area contributed by atoms with Gasteiger partial charge in [-0.2, -0.15) is 0 Å². The quantitative estimate of drug-likeness (QED) is 0.187. The summed E-state index contributed by atoms with van der Waals surface area (Å²) >= 11 is 1.79. The van der Waals surface area contributed by atoms with Gasteiger partial charge >= 0.3 is 0 Å². The first kappa shape index (κ1) is 28.2. The van der Waals surface area contributed by atoms with E-state index in [1.54, 1.807) is 11.3 Å². The van der Waals surface area contributed by atoms with E-state index in [2.05, 4.69) is 114 Å². The van der Waals surface area contributed by atoms with Gasteiger partial charge in [-0.15, -0.1) is 11.3 Å². The summed E-state index contributed by atoms with van der Waals surface area (Å²) in [6.07, 6.45) is 0. The Bertz CT molecular complexity index is 3100. The lowest BCUT2D eigenvalue weighted by Gasteiger charge is -2.10. The number of fused-ring (bicyclic) bond motifs is 9. The van der Waals surface area contributed by atoms with Crippen molar-refractivity contribution in [1.29, 1.82) is 0 Å². The van der Waals surface area contributed by atoms with E-state index in [4.69, 9.17) is 19.4 Å². The van der Waals surface area contributed by atoms with Crippen LogP contribution in [0.15, 0.2) is 162 Å². The fourth-order valence-corrected chi connectivity index (χ4v) is 8.68. The summed E-state index contributed by atoms with van der Waals surface area (Å²) in [6, 6.07) is 54.9. The summed E-state index contributed by atoms with van der Waals surface area (Å²) < 4.78 is 11.3. The van der Waals surface area contributed by atoms with Crippen LogP contribution in [0.25, 0.3) is 104 Å². The lowest BCUT2D eigenvalue weighted by Crippen LogP contribution is -2.00. The first-order valence-corrected chi connectivity index (χ1v) is 17.8. The molecule has 0 bridgehead atoms. The summed E-state index contributed by atoms with van der Waals surface area (Å²) in [7, 11) is 0. The van der Waals surface area contributed by atoms with E-state index in [-0.39, 0.29) is 0 Å². The van der Waals surface area contributed by atoms with E-state index in [1.807, 2.05) is 48.5 Å². The van der Waals surface area contributed by atoms with Crippen LogP contribution in [0.5, 0.6) is 0 Å². The first-order valence-electron chi connectivity index (χ1n) is 16.9. The molecule has 5 nitrogen and oxygen atoms in total. The zero-order valence-electron chi connectivity index (χ0n) is 27.1. The van der Waals surface area contributed by atoms with E-state index in [9.17, 15) is 0 Å². The highest BCUT2D eigenvalue weighted by molar-refractivity contribution is 7.25. The van der Waals surface area contributed by atoms with Crippen LogP contribution >= 0.6 is 11.3 Å². The van der Waals surface area contributed by atoms with Gasteiger partial charge in [-0.1, -0.05) is 103 Å². The van der Waals surface area contributed by atoms with E-state index in [1.165, 1.54) is 30.9 Å². The minimum Gasteiger partial charge on any atom is -0.456 e. The Morgan fingerprint density at radius 3 is 1.78 bits per heavy atom. The first-order chi connectivity index (χ1) is 25.3. The van der Waals surface area contributed by atoms with Crippen molar-refractivity contribution in [1.82, 2.24) is 19.5 Å². The number of benzene rings is 7. The maximum absolute atomic E-state index is 6.49. The molecule has 6 heteroatoms. The van der Waals surface area contributed by atoms with Crippen molar-refractivity contribution in [2.75, 3.05) is 0 Å². The van der Waals surface area contributed by atoms with Gasteiger partial charge in [0, 0.05) is 53.0 Å². The minimum absolute atomic E-state index is 0.612. The maximum Gasteiger partial charge on any atom is 0.164 e. The van der Waals surface area contributed by atoms with Gasteiger partial charge in [-0.25, -0.2) is 15.0 Å². The summed E-state index contributed by atoms with van der Waals surface area (Å²) in [5.41, 5.74) is 7.81. The molecule has 0 unspecified atom stereocenters. The Hall–Kier alpha value is -6.63. The van der Waals surface area contributed by atoms with Gasteiger partial charge in [0.15, 0.2) is 17.5 Å². The molecule has 0 aliphatic carbocycles. The number of aromatic nitrogens is 4. The smallest absolute Gasteiger partial charge is 0.164 e. The van der Waals surface area contributed by atoms with Crippen LogP contribution in [0.3, 0.4) is 0 Å². The molecule has 238 valence electrons. The molecule has 0 aliphatic rings. The topological polar surface area (TPSA) is 56.7 Å². The molecule has 4 heterocycles. The third kappa shape index (κ3) is 4.37. The highest BCUT2D eigenvalue weighted by atomic mass is 32.1. The third-order valence-corrected chi connectivity index (χ3v) is 11.0. The second kappa shape index (κ2) is 10.9. The van der Waals surface area contributed by atoms with Gasteiger partial charge in [-0.3, -0.25) is 0 Å². The molecule has 0 fully saturated rings. The molecular formula is C45H26N4OS. The number of rotatable bonds is 4. The average Bonchev–Trinajstić information content (AvgIpc) is 3.87. The van der Waals surface area contributed by atoms with Crippen molar-refractivity contribution in [3.05, 3.63) is 158 Å². The van der Waals surface area contributed by atoms with Crippen molar-refractivity contribution in [2.24, 2.45) is 0 Å². The second-order valence-electron chi connectivity index (χ2n) is 12.8. The highest BCUT2D eigenvalue weighted by Crippen LogP contribution is 2.40. The van der Waals surface area contributed by atoms with E-state index in [0.717, 1.165) is 55.3 Å². The molecule has 0 saturated heterocycles. The van der Waals surface area contributed by atoms with Gasteiger partial charge in [0.25, 0.3) is 0 Å². The predicted octanol–water partition coefficient (Wildman–Crippen LogP) is 12.2. The summed E-state index contributed by atoms with van der Waals surface area (Å²) in [5, 5.41) is 7.01. The molecule has 0 atom stereocenters. The minimum atomic E-state index is 0.612. The van der Waals surface area contributed by atoms with Crippen molar-refractivity contribution >= 4 is 75.3 Å². The number of hydrogen-bond acceptors (Lipinski definition) is 5. The largest absolute Gasteiger partial charge is 0.456 e. The molecule has 0 aliphatic heterocycles. The van der Waals surface area contributed by atoms with Gasteiger partial charge < -0.3 is 8.98 Å². The molecular weight excluding hydrogens is 645 g/mol. The van der Waals surface area contributed by atoms with Crippen molar-refractivity contribution in [3.63, 3.8) is 0 Å². The number of nitrogens with zero attached hydrogens (tertiary/aromatic N) is 4. The van der Waals surface area contributed by atoms with Gasteiger partial charge in [0.05, 0.1) is 22.1 Å². The molecule has 0 spiro atoms. The van der Waals surface area contributed by atoms with Gasteiger partial charge in [0.2, 0.25) is 0 Å². The van der Waals surface area contributed by atoms with Crippen LogP contribution in [0.2, 0.25) is 0 Å². The Balaban J connectivity index is 1.13. The van der Waals surface area contributed by atoms with Crippen LogP contribution in [-0.4, -0.2) is 19.5 Å². The van der Waals surface area contributed by atoms with E-state index >= 15 is 0 Å². The van der Waals surface area contributed by atoms with Crippen LogP contribution in [0.1, 0.15) is 0 Å². The molecule has 11 aromatic rings. The molecule has 0 radical (unpaired) electrons. The van der Waals surface area contributed by atoms with Crippen LogP contribution in [0, 0.1) is 0 Å². The normalized spacial score (nSPS) is 11.9. The van der Waals surface area contributed by atoms with E-state index < -0.39 is 0 Å². The van der Waals surface area contributed by atoms with Crippen molar-refractivity contribution in [2.45, 2.75) is 0 Å². The third-order valence-electron chi connectivity index (χ3n) is 9.86. The molecule has 7 aromatic carbocycles. The SMILES string of the molecule is c1ccc(-c2nc(-c3ccc4c(c3)sc3ccccc34)nc(-c3ccc4oc5cccc(-n6c7ccccc7c7ccccc76)c5c4c3)n2)cc1. The number of para-hydroxylation sites is 2. The maximum atomic E-state index is 6.49. The molecule has 0 saturated carbocycles. The number of thiophene rings is 1. The number of hydrogen-bond donors (Lipinski definition) is 0. The Labute approximate surface area is 295 Å². The summed E-state index contributed by atoms with van der Waals surface area (Å²) in [4.78, 5) is 15.2. The second-order valence-corrected chi connectivity index (χ2v) is 13.9. The fourth-order valence-electron chi connectivity index (χ4n) is 7.53. The molecule has 4 aromatic heterocycles. The summed E-state index contributed by atoms with van der Waals surface area (Å²) in [5.74, 6) is 1.89. The van der Waals surface area contributed by atoms with Crippen LogP contribution in [-0.2, 0) is 0 Å². The molecule has 0 N–H and O–H groups in total. The zero-order valence-corrected chi connectivity index (χ0v) is 27.9. The Morgan fingerprint density at radius 2 is 1.02 bits per heavy atom. The predicted molar refractivity (Wildman–Crippen MR) is 211 cm³/mol. The number of furan rings is 1. The standard InChI is InChI=1S/C45H26N4OS/c1-2-11-27(12-3-1)43-46-44(48-45(47-43)29-21-23-33-32-15-6-9-20-40(32)51-41(33)26-29)28-22-24-38-34(25-28)42-37(18-10-19-39(42)50-38)49-35-16-7-4-13-30(35)31-14-5-8-17-36(31)49/h1-26H. The monoisotopic (exact) mass is 670 g/mol. The van der Waals surface area contributed by atoms with Crippen LogP contribution < -0.4 is 0 Å². The highest BCUT2D eigenvalue weighted by Gasteiger charge is 2.19.